The third-order valence-corrected chi connectivity index (χ3v) is 1.75. The predicted molar refractivity (Wildman–Crippen MR) is 48.8 cm³/mol. The molecule has 0 heterocycles. The lowest BCUT2D eigenvalue weighted by molar-refractivity contribution is 0.101. The molecule has 0 saturated carbocycles. The molecule has 1 aromatic rings. The van der Waals surface area contributed by atoms with E-state index in [1.54, 1.807) is 20.8 Å². The van der Waals surface area contributed by atoms with E-state index in [0.717, 1.165) is 5.56 Å². The number of rotatable bonds is 2. The van der Waals surface area contributed by atoms with Gasteiger partial charge in [-0.3, -0.25) is 4.79 Å². The van der Waals surface area contributed by atoms with Gasteiger partial charge in [0.05, 0.1) is 5.56 Å². The van der Waals surface area contributed by atoms with Crippen LogP contribution in [0.25, 0.3) is 0 Å². The monoisotopic (exact) mass is 164 g/mol. The molecule has 1 rings (SSSR count). The summed E-state index contributed by atoms with van der Waals surface area (Å²) in [4.78, 5) is 11.1. The van der Waals surface area contributed by atoms with Crippen molar-refractivity contribution in [1.82, 2.24) is 0 Å². The minimum absolute atomic E-state index is 0.146. The van der Waals surface area contributed by atoms with Crippen molar-refractivity contribution in [1.29, 1.82) is 0 Å². The van der Waals surface area contributed by atoms with Crippen LogP contribution in [0.1, 0.15) is 15.9 Å². The van der Waals surface area contributed by atoms with Crippen molar-refractivity contribution >= 4 is 13.6 Å². The van der Waals surface area contributed by atoms with E-state index in [1.165, 1.54) is 12.1 Å². The second-order valence-corrected chi connectivity index (χ2v) is 2.76. The highest BCUT2D eigenvalue weighted by atomic mass is 19.1. The number of carbonyl (C=O) groups is 1. The highest BCUT2D eigenvalue weighted by Crippen LogP contribution is 2.11. The van der Waals surface area contributed by atoms with Crippen molar-refractivity contribution in [3.63, 3.8) is 0 Å². The lowest BCUT2D eigenvalue weighted by Crippen LogP contribution is -2.01. The summed E-state index contributed by atoms with van der Waals surface area (Å²) in [5, 5.41) is 0. The van der Waals surface area contributed by atoms with Gasteiger partial charge in [-0.05, 0) is 30.9 Å². The van der Waals surface area contributed by atoms with E-state index in [0.29, 0.717) is 6.32 Å². The Bertz CT molecular complexity index is 309. The Hall–Kier alpha value is -1.12. The average molecular weight is 164 g/mol. The molecule has 3 heteroatoms. The summed E-state index contributed by atoms with van der Waals surface area (Å²) in [7, 11) is 1.72. The van der Waals surface area contributed by atoms with Crippen LogP contribution < -0.4 is 0 Å². The molecule has 0 radical (unpaired) electrons. The SMILES string of the molecule is BCC(=O)c1ccc(C)cc1F. The van der Waals surface area contributed by atoms with E-state index in [4.69, 9.17) is 0 Å². The number of hydrogen-bond donors (Lipinski definition) is 0. The molecule has 0 N–H and O–H groups in total. The molecule has 0 bridgehead atoms. The van der Waals surface area contributed by atoms with E-state index in [-0.39, 0.29) is 11.3 Å². The maximum absolute atomic E-state index is 13.1. The van der Waals surface area contributed by atoms with Gasteiger partial charge in [0.2, 0.25) is 0 Å². The Kier molecular flexibility index (Phi) is 2.63. The maximum atomic E-state index is 13.1. The van der Waals surface area contributed by atoms with E-state index < -0.39 is 5.82 Å². The first-order valence-corrected chi connectivity index (χ1v) is 3.94. The second kappa shape index (κ2) is 3.52. The van der Waals surface area contributed by atoms with Crippen LogP contribution in [-0.2, 0) is 0 Å². The van der Waals surface area contributed by atoms with Crippen LogP contribution in [0.2, 0.25) is 6.32 Å². The van der Waals surface area contributed by atoms with E-state index in [9.17, 15) is 9.18 Å². The summed E-state index contributed by atoms with van der Waals surface area (Å²) in [5.41, 5.74) is 1.03. The van der Waals surface area contributed by atoms with Crippen LogP contribution >= 0.6 is 0 Å². The number of ketones is 1. The molecule has 0 aliphatic rings. The topological polar surface area (TPSA) is 17.1 Å². The molecule has 0 atom stereocenters. The lowest BCUT2D eigenvalue weighted by Gasteiger charge is -2.00. The number of Topliss-reactive ketones (excluding diaryl/α,β-unsaturated/α-hetero) is 1. The Morgan fingerprint density at radius 2 is 2.25 bits per heavy atom. The zero-order valence-corrected chi connectivity index (χ0v) is 7.23. The van der Waals surface area contributed by atoms with Crippen molar-refractivity contribution in [3.8, 4) is 0 Å². The molecule has 0 spiro atoms. The fourth-order valence-corrected chi connectivity index (χ4v) is 1.04. The highest BCUT2D eigenvalue weighted by molar-refractivity contribution is 6.24. The predicted octanol–water partition coefficient (Wildman–Crippen LogP) is 1.37. The highest BCUT2D eigenvalue weighted by Gasteiger charge is 2.08. The van der Waals surface area contributed by atoms with Crippen LogP contribution in [0.3, 0.4) is 0 Å². The summed E-state index contributed by atoms with van der Waals surface area (Å²) in [6, 6.07) is 4.66. The summed E-state index contributed by atoms with van der Waals surface area (Å²) < 4.78 is 13.1. The third kappa shape index (κ3) is 1.73. The van der Waals surface area contributed by atoms with E-state index in [2.05, 4.69) is 0 Å². The third-order valence-electron chi connectivity index (χ3n) is 1.75. The van der Waals surface area contributed by atoms with Crippen molar-refractivity contribution in [2.75, 3.05) is 0 Å². The lowest BCUT2D eigenvalue weighted by atomic mass is 9.95. The van der Waals surface area contributed by atoms with Gasteiger partial charge in [-0.25, -0.2) is 4.39 Å². The van der Waals surface area contributed by atoms with Gasteiger partial charge in [-0.2, -0.15) is 0 Å². The second-order valence-electron chi connectivity index (χ2n) is 2.76. The van der Waals surface area contributed by atoms with Gasteiger partial charge in [-0.15, -0.1) is 0 Å². The molecular weight excluding hydrogens is 154 g/mol. The number of aryl methyl sites for hydroxylation is 1. The van der Waals surface area contributed by atoms with Crippen LogP contribution in [-0.4, -0.2) is 13.6 Å². The van der Waals surface area contributed by atoms with Crippen molar-refractivity contribution in [2.45, 2.75) is 13.2 Å². The van der Waals surface area contributed by atoms with Crippen LogP contribution in [0.4, 0.5) is 4.39 Å². The first kappa shape index (κ1) is 8.98. The molecule has 1 aromatic carbocycles. The summed E-state index contributed by atoms with van der Waals surface area (Å²) in [6.07, 6.45) is 0.347. The molecule has 12 heavy (non-hydrogen) atoms. The van der Waals surface area contributed by atoms with Crippen molar-refractivity contribution in [2.24, 2.45) is 0 Å². The Morgan fingerprint density at radius 3 is 2.75 bits per heavy atom. The molecule has 1 nitrogen and oxygen atoms in total. The minimum atomic E-state index is -0.415. The normalized spacial score (nSPS) is 9.83. The number of benzene rings is 1. The van der Waals surface area contributed by atoms with Crippen molar-refractivity contribution < 1.29 is 9.18 Å². The Morgan fingerprint density at radius 1 is 1.58 bits per heavy atom. The van der Waals surface area contributed by atoms with Gasteiger partial charge in [0.1, 0.15) is 13.7 Å². The Labute approximate surface area is 72.0 Å². The molecule has 0 amide bonds. The van der Waals surface area contributed by atoms with E-state index >= 15 is 0 Å². The summed E-state index contributed by atoms with van der Waals surface area (Å²) in [6.45, 7) is 1.79. The zero-order valence-electron chi connectivity index (χ0n) is 7.23. The van der Waals surface area contributed by atoms with Gasteiger partial charge < -0.3 is 0 Å². The zero-order chi connectivity index (χ0) is 9.14. The van der Waals surface area contributed by atoms with Crippen LogP contribution in [0, 0.1) is 12.7 Å². The smallest absolute Gasteiger partial charge is 0.158 e. The van der Waals surface area contributed by atoms with Gasteiger partial charge in [0.25, 0.3) is 0 Å². The minimum Gasteiger partial charge on any atom is -0.295 e. The first-order chi connectivity index (χ1) is 5.65. The van der Waals surface area contributed by atoms with Crippen LogP contribution in [0.15, 0.2) is 18.2 Å². The van der Waals surface area contributed by atoms with Crippen molar-refractivity contribution in [3.05, 3.63) is 35.1 Å². The standard InChI is InChI=1S/C9H10BFO/c1-6-2-3-7(8(11)4-6)9(12)5-10/h2-4H,5,10H2,1H3. The quantitative estimate of drug-likeness (QED) is 0.476. The van der Waals surface area contributed by atoms with Gasteiger partial charge in [-0.1, -0.05) is 6.07 Å². The summed E-state index contributed by atoms with van der Waals surface area (Å²) in [5.74, 6) is -0.561. The van der Waals surface area contributed by atoms with Crippen LogP contribution in [0.5, 0.6) is 0 Å². The van der Waals surface area contributed by atoms with E-state index in [1.807, 2.05) is 0 Å². The summed E-state index contributed by atoms with van der Waals surface area (Å²) >= 11 is 0. The fourth-order valence-electron chi connectivity index (χ4n) is 1.04. The molecule has 0 unspecified atom stereocenters. The maximum Gasteiger partial charge on any atom is 0.158 e. The molecule has 62 valence electrons. The number of halogens is 1. The first-order valence-electron chi connectivity index (χ1n) is 3.94. The molecule has 0 aliphatic heterocycles. The van der Waals surface area contributed by atoms with Gasteiger partial charge >= 0.3 is 0 Å². The largest absolute Gasteiger partial charge is 0.295 e. The molecule has 0 aliphatic carbocycles. The van der Waals surface area contributed by atoms with Gasteiger partial charge in [0.15, 0.2) is 5.78 Å². The molecular formula is C9H10BFO. The van der Waals surface area contributed by atoms with Gasteiger partial charge in [0, 0.05) is 0 Å². The number of carbonyl (C=O) groups excluding carboxylic acids is 1. The molecule has 0 fully saturated rings. The number of hydrogen-bond acceptors (Lipinski definition) is 1. The Balaban J connectivity index is 3.09. The fraction of sp³-hybridized carbons (Fsp3) is 0.222. The molecule has 0 aromatic heterocycles. The molecule has 0 saturated heterocycles. The average Bonchev–Trinajstić information content (AvgIpc) is 2.03.